The van der Waals surface area contributed by atoms with Gasteiger partial charge in [0.1, 0.15) is 6.67 Å². The number of likely N-dealkylation sites (N-methyl/N-ethyl adjacent to an activating group) is 1. The number of benzene rings is 1. The van der Waals surface area contributed by atoms with Crippen LogP contribution in [0.1, 0.15) is 19.4 Å². The monoisotopic (exact) mass is 281 g/mol. The number of nitro groups is 1. The Balaban J connectivity index is 2.34. The Kier molecular flexibility index (Phi) is 4.23. The molecule has 1 fully saturated rings. The summed E-state index contributed by atoms with van der Waals surface area (Å²) < 4.78 is 13.2. The van der Waals surface area contributed by atoms with Gasteiger partial charge in [-0.3, -0.25) is 15.0 Å². The number of non-ortho nitro benzene ring substituents is 1. The largest absolute Gasteiger partial charge is 0.366 e. The number of rotatable bonds is 3. The summed E-state index contributed by atoms with van der Waals surface area (Å²) in [6, 6.07) is 5.08. The first-order chi connectivity index (χ1) is 9.43. The molecule has 2 rings (SSSR count). The number of nitro benzene ring substituents is 1. The Labute approximate surface area is 118 Å². The predicted molar refractivity (Wildman–Crippen MR) is 76.8 cm³/mol. The van der Waals surface area contributed by atoms with Gasteiger partial charge in [0.25, 0.3) is 5.69 Å². The van der Waals surface area contributed by atoms with Crippen LogP contribution in [0.15, 0.2) is 18.2 Å². The van der Waals surface area contributed by atoms with Crippen LogP contribution >= 0.6 is 0 Å². The van der Waals surface area contributed by atoms with Gasteiger partial charge < -0.3 is 4.90 Å². The van der Waals surface area contributed by atoms with E-state index in [4.69, 9.17) is 0 Å². The highest BCUT2D eigenvalue weighted by atomic mass is 19.1. The van der Waals surface area contributed by atoms with E-state index in [0.29, 0.717) is 11.6 Å². The number of nitrogens with zero attached hydrogens (tertiary/aromatic N) is 3. The van der Waals surface area contributed by atoms with Gasteiger partial charge in [0.15, 0.2) is 0 Å². The van der Waals surface area contributed by atoms with Crippen LogP contribution < -0.4 is 4.90 Å². The summed E-state index contributed by atoms with van der Waals surface area (Å²) in [6.45, 7) is 5.21. The second-order valence-corrected chi connectivity index (χ2v) is 5.49. The van der Waals surface area contributed by atoms with Crippen molar-refractivity contribution in [2.45, 2.75) is 32.6 Å². The van der Waals surface area contributed by atoms with Crippen LogP contribution in [0, 0.1) is 10.1 Å². The third-order valence-corrected chi connectivity index (χ3v) is 4.02. The average molecular weight is 281 g/mol. The lowest BCUT2D eigenvalue weighted by Crippen LogP contribution is -2.55. The van der Waals surface area contributed by atoms with Gasteiger partial charge in [0.05, 0.1) is 4.92 Å². The Hall–Kier alpha value is -1.69. The number of piperazine rings is 1. The standard InChI is InChI=1S/C14H20FN3O2/c1-10-9-17(11(2)8-16(10)3)14-5-4-13(18(19)20)6-12(14)7-15/h4-6,10-11H,7-9H2,1-3H3/t10-,11+/m0/s1. The van der Waals surface area contributed by atoms with Crippen molar-refractivity contribution < 1.29 is 9.31 Å². The van der Waals surface area contributed by atoms with Gasteiger partial charge in [-0.05, 0) is 27.0 Å². The van der Waals surface area contributed by atoms with Crippen LogP contribution in [0.2, 0.25) is 0 Å². The highest BCUT2D eigenvalue weighted by Crippen LogP contribution is 2.30. The van der Waals surface area contributed by atoms with Gasteiger partial charge in [0.2, 0.25) is 0 Å². The van der Waals surface area contributed by atoms with Gasteiger partial charge in [-0.15, -0.1) is 0 Å². The smallest absolute Gasteiger partial charge is 0.269 e. The van der Waals surface area contributed by atoms with Gasteiger partial charge in [-0.1, -0.05) is 0 Å². The minimum Gasteiger partial charge on any atom is -0.366 e. The average Bonchev–Trinajstić information content (AvgIpc) is 2.42. The minimum atomic E-state index is -0.690. The second-order valence-electron chi connectivity index (χ2n) is 5.49. The molecule has 20 heavy (non-hydrogen) atoms. The van der Waals surface area contributed by atoms with Crippen molar-refractivity contribution in [3.05, 3.63) is 33.9 Å². The number of halogens is 1. The maximum absolute atomic E-state index is 13.2. The molecule has 0 N–H and O–H groups in total. The molecule has 1 aromatic rings. The first-order valence-electron chi connectivity index (χ1n) is 6.74. The quantitative estimate of drug-likeness (QED) is 0.631. The Morgan fingerprint density at radius 2 is 2.05 bits per heavy atom. The maximum atomic E-state index is 13.2. The van der Waals surface area contributed by atoms with Crippen molar-refractivity contribution in [3.8, 4) is 0 Å². The topological polar surface area (TPSA) is 49.6 Å². The van der Waals surface area contributed by atoms with Crippen molar-refractivity contribution in [3.63, 3.8) is 0 Å². The van der Waals surface area contributed by atoms with E-state index in [0.717, 1.165) is 18.8 Å². The fourth-order valence-corrected chi connectivity index (χ4v) is 2.71. The van der Waals surface area contributed by atoms with Crippen LogP contribution in [-0.2, 0) is 6.67 Å². The van der Waals surface area contributed by atoms with E-state index in [1.807, 2.05) is 0 Å². The molecule has 0 amide bonds. The molecule has 0 saturated carbocycles. The molecule has 0 radical (unpaired) electrons. The van der Waals surface area contributed by atoms with E-state index in [1.54, 1.807) is 6.07 Å². The van der Waals surface area contributed by atoms with Crippen molar-refractivity contribution in [2.24, 2.45) is 0 Å². The molecule has 6 heteroatoms. The Morgan fingerprint density at radius 1 is 1.35 bits per heavy atom. The molecule has 0 unspecified atom stereocenters. The lowest BCUT2D eigenvalue weighted by atomic mass is 10.0. The van der Waals surface area contributed by atoms with Crippen molar-refractivity contribution in [1.29, 1.82) is 0 Å². The van der Waals surface area contributed by atoms with Gasteiger partial charge >= 0.3 is 0 Å². The molecular weight excluding hydrogens is 261 g/mol. The Bertz CT molecular complexity index is 509. The molecule has 5 nitrogen and oxygen atoms in total. The van der Waals surface area contributed by atoms with Crippen LogP contribution in [-0.4, -0.2) is 42.0 Å². The Morgan fingerprint density at radius 3 is 2.65 bits per heavy atom. The van der Waals surface area contributed by atoms with Crippen LogP contribution in [0.4, 0.5) is 15.8 Å². The number of anilines is 1. The van der Waals surface area contributed by atoms with E-state index in [9.17, 15) is 14.5 Å². The van der Waals surface area contributed by atoms with E-state index in [2.05, 4.69) is 30.7 Å². The van der Waals surface area contributed by atoms with E-state index >= 15 is 0 Å². The number of hydrogen-bond donors (Lipinski definition) is 0. The van der Waals surface area contributed by atoms with E-state index < -0.39 is 11.6 Å². The fraction of sp³-hybridized carbons (Fsp3) is 0.571. The van der Waals surface area contributed by atoms with Crippen LogP contribution in [0.3, 0.4) is 0 Å². The second kappa shape index (κ2) is 5.75. The SMILES string of the molecule is C[C@@H]1CN(C)[C@@H](C)CN1c1ccc([N+](=O)[O-])cc1CF. The van der Waals surface area contributed by atoms with Gasteiger partial charge in [-0.2, -0.15) is 0 Å². The molecule has 0 bridgehead atoms. The lowest BCUT2D eigenvalue weighted by Gasteiger charge is -2.44. The lowest BCUT2D eigenvalue weighted by molar-refractivity contribution is -0.384. The predicted octanol–water partition coefficient (Wildman–Crippen LogP) is 2.59. The van der Waals surface area contributed by atoms with Crippen molar-refractivity contribution >= 4 is 11.4 Å². The third-order valence-electron chi connectivity index (χ3n) is 4.02. The number of alkyl halides is 1. The molecule has 0 spiro atoms. The molecule has 1 aliphatic heterocycles. The third kappa shape index (κ3) is 2.75. The molecule has 0 aromatic heterocycles. The molecule has 1 aliphatic rings. The maximum Gasteiger partial charge on any atom is 0.269 e. The summed E-state index contributed by atoms with van der Waals surface area (Å²) >= 11 is 0. The molecule has 1 aromatic carbocycles. The molecular formula is C14H20FN3O2. The van der Waals surface area contributed by atoms with Gasteiger partial charge in [0, 0.05) is 48.6 Å². The number of hydrogen-bond acceptors (Lipinski definition) is 4. The first kappa shape index (κ1) is 14.7. The highest BCUT2D eigenvalue weighted by Gasteiger charge is 2.28. The zero-order valence-electron chi connectivity index (χ0n) is 12.0. The summed E-state index contributed by atoms with van der Waals surface area (Å²) in [5.41, 5.74) is 1.10. The normalized spacial score (nSPS) is 23.9. The van der Waals surface area contributed by atoms with E-state index in [1.165, 1.54) is 12.1 Å². The van der Waals surface area contributed by atoms with Crippen molar-refractivity contribution in [2.75, 3.05) is 25.0 Å². The summed E-state index contributed by atoms with van der Waals surface area (Å²) in [6.07, 6.45) is 0. The zero-order valence-corrected chi connectivity index (χ0v) is 12.0. The molecule has 1 saturated heterocycles. The van der Waals surface area contributed by atoms with Crippen molar-refractivity contribution in [1.82, 2.24) is 4.90 Å². The summed E-state index contributed by atoms with van der Waals surface area (Å²) in [5.74, 6) is 0. The van der Waals surface area contributed by atoms with Gasteiger partial charge in [-0.25, -0.2) is 4.39 Å². The zero-order chi connectivity index (χ0) is 14.9. The van der Waals surface area contributed by atoms with Crippen LogP contribution in [0.5, 0.6) is 0 Å². The minimum absolute atomic E-state index is 0.0590. The van der Waals surface area contributed by atoms with Crippen LogP contribution in [0.25, 0.3) is 0 Å². The summed E-state index contributed by atoms with van der Waals surface area (Å²) in [7, 11) is 2.07. The molecule has 0 aliphatic carbocycles. The first-order valence-corrected chi connectivity index (χ1v) is 6.74. The summed E-state index contributed by atoms with van der Waals surface area (Å²) in [4.78, 5) is 14.7. The molecule has 1 heterocycles. The molecule has 110 valence electrons. The fourth-order valence-electron chi connectivity index (χ4n) is 2.71. The van der Waals surface area contributed by atoms with E-state index in [-0.39, 0.29) is 11.7 Å². The summed E-state index contributed by atoms with van der Waals surface area (Å²) in [5, 5.41) is 10.8. The molecule has 2 atom stereocenters. The highest BCUT2D eigenvalue weighted by molar-refractivity contribution is 5.58.